The van der Waals surface area contributed by atoms with Crippen molar-refractivity contribution in [3.8, 4) is 0 Å². The Morgan fingerprint density at radius 3 is 3.06 bits per heavy atom. The van der Waals surface area contributed by atoms with Gasteiger partial charge in [0.15, 0.2) is 0 Å². The van der Waals surface area contributed by atoms with E-state index < -0.39 is 11.8 Å². The normalized spacial score (nSPS) is 22.5. The van der Waals surface area contributed by atoms with Gasteiger partial charge in [-0.15, -0.1) is 11.3 Å². The zero-order valence-electron chi connectivity index (χ0n) is 8.68. The van der Waals surface area contributed by atoms with E-state index in [9.17, 15) is 9.59 Å². The summed E-state index contributed by atoms with van der Waals surface area (Å²) in [6, 6.07) is 0. The highest BCUT2D eigenvalue weighted by Crippen LogP contribution is 2.31. The van der Waals surface area contributed by atoms with E-state index in [1.165, 1.54) is 11.3 Å². The lowest BCUT2D eigenvalue weighted by molar-refractivity contribution is -0.132. The van der Waals surface area contributed by atoms with Crippen molar-refractivity contribution >= 4 is 23.2 Å². The monoisotopic (exact) mass is 239 g/mol. The van der Waals surface area contributed by atoms with Gasteiger partial charge < -0.3 is 11.1 Å². The molecular formula is C10H13N3O2S. The molecule has 0 spiro atoms. The van der Waals surface area contributed by atoms with E-state index in [-0.39, 0.29) is 11.8 Å². The summed E-state index contributed by atoms with van der Waals surface area (Å²) in [6.07, 6.45) is 3.20. The number of carbonyl (C=O) groups excluding carboxylic acids is 2. The smallest absolute Gasteiger partial charge is 0.228 e. The van der Waals surface area contributed by atoms with E-state index >= 15 is 0 Å². The fraction of sp³-hybridized carbons (Fsp3) is 0.500. The maximum Gasteiger partial charge on any atom is 0.228 e. The fourth-order valence-corrected chi connectivity index (χ4v) is 2.80. The summed E-state index contributed by atoms with van der Waals surface area (Å²) in [5.74, 6) is -1.51. The summed E-state index contributed by atoms with van der Waals surface area (Å²) >= 11 is 1.36. The van der Waals surface area contributed by atoms with Crippen molar-refractivity contribution < 1.29 is 9.59 Å². The first kappa shape index (κ1) is 11.1. The molecule has 1 aromatic rings. The molecule has 1 aromatic heterocycles. The molecule has 2 heterocycles. The van der Waals surface area contributed by atoms with Crippen molar-refractivity contribution in [3.05, 3.63) is 16.6 Å². The molecule has 2 amide bonds. The first-order valence-corrected chi connectivity index (χ1v) is 6.04. The molecule has 5 nitrogen and oxygen atoms in total. The number of hydrogen-bond acceptors (Lipinski definition) is 4. The predicted octanol–water partition coefficient (Wildman–Crippen LogP) is 0.238. The standard InChI is InChI=1S/C10H13N3O2S/c11-8(14)7(10-13-4-5-16-10)6-2-1-3-12-9(6)15/h4-7H,1-3H2,(H2,11,14)(H,12,15). The quantitative estimate of drug-likeness (QED) is 0.792. The van der Waals surface area contributed by atoms with E-state index in [0.29, 0.717) is 18.0 Å². The van der Waals surface area contributed by atoms with Crippen LogP contribution in [0.5, 0.6) is 0 Å². The Bertz CT molecular complexity index is 391. The van der Waals surface area contributed by atoms with Gasteiger partial charge >= 0.3 is 0 Å². The number of nitrogens with zero attached hydrogens (tertiary/aromatic N) is 1. The number of rotatable bonds is 3. The van der Waals surface area contributed by atoms with Crippen molar-refractivity contribution in [1.82, 2.24) is 10.3 Å². The molecule has 2 rings (SSSR count). The Balaban J connectivity index is 2.25. The second kappa shape index (κ2) is 4.61. The molecule has 6 heteroatoms. The number of thiazole rings is 1. The molecule has 3 N–H and O–H groups in total. The minimum absolute atomic E-state index is 0.0924. The Kier molecular flexibility index (Phi) is 3.19. The van der Waals surface area contributed by atoms with Crippen LogP contribution in [0.4, 0.5) is 0 Å². The summed E-state index contributed by atoms with van der Waals surface area (Å²) < 4.78 is 0. The molecule has 0 aliphatic carbocycles. The van der Waals surface area contributed by atoms with Gasteiger partial charge in [-0.25, -0.2) is 4.98 Å². The van der Waals surface area contributed by atoms with Gasteiger partial charge in [0, 0.05) is 18.1 Å². The number of primary amides is 1. The molecule has 0 saturated carbocycles. The molecule has 0 radical (unpaired) electrons. The minimum atomic E-state index is -0.583. The van der Waals surface area contributed by atoms with Crippen LogP contribution in [0.3, 0.4) is 0 Å². The number of hydrogen-bond donors (Lipinski definition) is 2. The number of piperidine rings is 1. The number of aromatic nitrogens is 1. The van der Waals surface area contributed by atoms with E-state index in [4.69, 9.17) is 5.73 Å². The summed E-state index contributed by atoms with van der Waals surface area (Å²) in [7, 11) is 0. The van der Waals surface area contributed by atoms with Crippen LogP contribution in [-0.2, 0) is 9.59 Å². The number of amides is 2. The Hall–Kier alpha value is -1.43. The van der Waals surface area contributed by atoms with E-state index in [1.807, 2.05) is 0 Å². The average Bonchev–Trinajstić information content (AvgIpc) is 2.74. The third-order valence-electron chi connectivity index (χ3n) is 2.75. The summed E-state index contributed by atoms with van der Waals surface area (Å²) in [6.45, 7) is 0.679. The van der Waals surface area contributed by atoms with Gasteiger partial charge in [0.25, 0.3) is 0 Å². The van der Waals surface area contributed by atoms with Gasteiger partial charge in [0.1, 0.15) is 10.9 Å². The molecular weight excluding hydrogens is 226 g/mol. The maximum absolute atomic E-state index is 11.7. The second-order valence-electron chi connectivity index (χ2n) is 3.79. The van der Waals surface area contributed by atoms with E-state index in [1.54, 1.807) is 11.6 Å². The van der Waals surface area contributed by atoms with Crippen LogP contribution in [-0.4, -0.2) is 23.3 Å². The summed E-state index contributed by atoms with van der Waals surface area (Å²) in [5, 5.41) is 5.18. The SMILES string of the molecule is NC(=O)C(c1nccs1)C1CCCNC1=O. The summed E-state index contributed by atoms with van der Waals surface area (Å²) in [5.41, 5.74) is 5.37. The van der Waals surface area contributed by atoms with Crippen molar-refractivity contribution in [1.29, 1.82) is 0 Å². The van der Waals surface area contributed by atoms with Crippen LogP contribution in [0.1, 0.15) is 23.8 Å². The lowest BCUT2D eigenvalue weighted by Crippen LogP contribution is -2.42. The van der Waals surface area contributed by atoms with Crippen LogP contribution in [0, 0.1) is 5.92 Å². The van der Waals surface area contributed by atoms with Gasteiger partial charge in [-0.05, 0) is 12.8 Å². The van der Waals surface area contributed by atoms with Gasteiger partial charge in [0.2, 0.25) is 11.8 Å². The van der Waals surface area contributed by atoms with Gasteiger partial charge in [-0.2, -0.15) is 0 Å². The van der Waals surface area contributed by atoms with Crippen LogP contribution in [0.2, 0.25) is 0 Å². The number of nitrogens with one attached hydrogen (secondary N) is 1. The molecule has 1 saturated heterocycles. The van der Waals surface area contributed by atoms with Crippen molar-refractivity contribution in [3.63, 3.8) is 0 Å². The van der Waals surface area contributed by atoms with Crippen LogP contribution in [0.15, 0.2) is 11.6 Å². The van der Waals surface area contributed by atoms with Crippen LogP contribution in [0.25, 0.3) is 0 Å². The fourth-order valence-electron chi connectivity index (χ4n) is 1.99. The molecule has 86 valence electrons. The molecule has 2 unspecified atom stereocenters. The number of carbonyl (C=O) groups is 2. The molecule has 16 heavy (non-hydrogen) atoms. The second-order valence-corrected chi connectivity index (χ2v) is 4.72. The van der Waals surface area contributed by atoms with Crippen molar-refractivity contribution in [2.24, 2.45) is 11.7 Å². The molecule has 2 atom stereocenters. The van der Waals surface area contributed by atoms with Gasteiger partial charge in [-0.1, -0.05) is 0 Å². The highest BCUT2D eigenvalue weighted by Gasteiger charge is 2.36. The number of nitrogens with two attached hydrogens (primary N) is 1. The Labute approximate surface area is 97.1 Å². The van der Waals surface area contributed by atoms with Crippen molar-refractivity contribution in [2.75, 3.05) is 6.54 Å². The van der Waals surface area contributed by atoms with Crippen molar-refractivity contribution in [2.45, 2.75) is 18.8 Å². The molecule has 1 fully saturated rings. The van der Waals surface area contributed by atoms with Crippen LogP contribution >= 0.6 is 11.3 Å². The zero-order chi connectivity index (χ0) is 11.5. The highest BCUT2D eigenvalue weighted by atomic mass is 32.1. The first-order valence-electron chi connectivity index (χ1n) is 5.16. The zero-order valence-corrected chi connectivity index (χ0v) is 9.50. The molecule has 1 aliphatic heterocycles. The third-order valence-corrected chi connectivity index (χ3v) is 3.61. The lowest BCUT2D eigenvalue weighted by atomic mass is 9.85. The molecule has 1 aliphatic rings. The molecule has 0 bridgehead atoms. The third kappa shape index (κ3) is 2.06. The topological polar surface area (TPSA) is 85.1 Å². The van der Waals surface area contributed by atoms with Crippen LogP contribution < -0.4 is 11.1 Å². The minimum Gasteiger partial charge on any atom is -0.369 e. The lowest BCUT2D eigenvalue weighted by Gasteiger charge is -2.26. The Morgan fingerprint density at radius 1 is 1.69 bits per heavy atom. The van der Waals surface area contributed by atoms with E-state index in [0.717, 1.165) is 6.42 Å². The highest BCUT2D eigenvalue weighted by molar-refractivity contribution is 7.09. The van der Waals surface area contributed by atoms with Gasteiger partial charge in [0.05, 0.1) is 5.92 Å². The predicted molar refractivity (Wildman–Crippen MR) is 59.8 cm³/mol. The molecule has 0 aromatic carbocycles. The van der Waals surface area contributed by atoms with E-state index in [2.05, 4.69) is 10.3 Å². The Morgan fingerprint density at radius 2 is 2.50 bits per heavy atom. The first-order chi connectivity index (χ1) is 7.70. The average molecular weight is 239 g/mol. The van der Waals surface area contributed by atoms with Gasteiger partial charge in [-0.3, -0.25) is 9.59 Å². The largest absolute Gasteiger partial charge is 0.369 e. The maximum atomic E-state index is 11.7. The summed E-state index contributed by atoms with van der Waals surface area (Å²) in [4.78, 5) is 27.2.